The number of furan rings is 2. The van der Waals surface area contributed by atoms with Crippen LogP contribution in [0.25, 0.3) is 76.2 Å². The second kappa shape index (κ2) is 15.5. The molecule has 0 unspecified atom stereocenters. The maximum absolute atomic E-state index is 7.18. The molecule has 4 nitrogen and oxygen atoms in total. The maximum Gasteiger partial charge on any atom is 0.159 e. The maximum atomic E-state index is 7.18. The second-order valence-corrected chi connectivity index (χ2v) is 22.2. The molecule has 0 spiro atoms. The highest BCUT2D eigenvalue weighted by Crippen LogP contribution is 2.52. The predicted molar refractivity (Wildman–Crippen MR) is 300 cm³/mol. The first-order valence-corrected chi connectivity index (χ1v) is 24.8. The molecule has 0 aliphatic rings. The third-order valence-corrected chi connectivity index (χ3v) is 14.9. The van der Waals surface area contributed by atoms with Crippen molar-refractivity contribution >= 4 is 110 Å². The van der Waals surface area contributed by atoms with Crippen molar-refractivity contribution in [1.82, 2.24) is 0 Å². The first-order valence-electron chi connectivity index (χ1n) is 24.8. The fourth-order valence-corrected chi connectivity index (χ4v) is 11.4. The fourth-order valence-electron chi connectivity index (χ4n) is 11.4. The number of benzene rings is 10. The Hall–Kier alpha value is -7.56. The third-order valence-electron chi connectivity index (χ3n) is 14.9. The SMILES string of the molecule is Cc1ccc(C)c(N(c2ccc3ccc4c(N(c5cc(C)ccc5C)c5cccc6c5oc5c(C(C)(C)C)cc(C)cc56)ccc5ccc2c3c54)c2cccc3c2oc2c(C(C)(C)C)cc(C)cc23)c1. The normalized spacial score (nSPS) is 12.6. The van der Waals surface area contributed by atoms with Gasteiger partial charge in [0.15, 0.2) is 11.2 Å². The van der Waals surface area contributed by atoms with Gasteiger partial charge in [0, 0.05) is 54.8 Å². The molecular weight excluding hydrogens is 853 g/mol. The van der Waals surface area contributed by atoms with Crippen LogP contribution in [0.1, 0.15) is 86.1 Å². The van der Waals surface area contributed by atoms with Gasteiger partial charge in [-0.05, 0) is 156 Å². The molecule has 0 aliphatic carbocycles. The van der Waals surface area contributed by atoms with Crippen molar-refractivity contribution < 1.29 is 8.83 Å². The van der Waals surface area contributed by atoms with E-state index in [0.717, 1.165) is 78.0 Å². The minimum absolute atomic E-state index is 0.100. The van der Waals surface area contributed by atoms with Gasteiger partial charge in [-0.15, -0.1) is 0 Å². The number of para-hydroxylation sites is 2. The summed E-state index contributed by atoms with van der Waals surface area (Å²) < 4.78 is 14.4. The molecule has 12 rings (SSSR count). The number of nitrogens with zero attached hydrogens (tertiary/aromatic N) is 2. The van der Waals surface area contributed by atoms with Crippen LogP contribution in [0.2, 0.25) is 0 Å². The van der Waals surface area contributed by atoms with Crippen molar-refractivity contribution in [2.24, 2.45) is 0 Å². The molecule has 12 aromatic rings. The van der Waals surface area contributed by atoms with Crippen molar-refractivity contribution in [1.29, 1.82) is 0 Å². The number of rotatable bonds is 6. The Morgan fingerprint density at radius 2 is 0.714 bits per heavy atom. The van der Waals surface area contributed by atoms with Gasteiger partial charge < -0.3 is 18.6 Å². The van der Waals surface area contributed by atoms with Crippen molar-refractivity contribution in [3.05, 3.63) is 190 Å². The van der Waals surface area contributed by atoms with Crippen LogP contribution in [0, 0.1) is 41.5 Å². The van der Waals surface area contributed by atoms with Crippen LogP contribution >= 0.6 is 0 Å². The summed E-state index contributed by atoms with van der Waals surface area (Å²) >= 11 is 0. The van der Waals surface area contributed by atoms with Gasteiger partial charge in [-0.2, -0.15) is 0 Å². The Bertz CT molecular complexity index is 3840. The van der Waals surface area contributed by atoms with Crippen LogP contribution in [0.4, 0.5) is 34.1 Å². The van der Waals surface area contributed by atoms with E-state index in [4.69, 9.17) is 8.83 Å². The highest BCUT2D eigenvalue weighted by Gasteiger charge is 2.29. The zero-order valence-electron chi connectivity index (χ0n) is 42.6. The number of hydrogen-bond acceptors (Lipinski definition) is 4. The Labute approximate surface area is 411 Å². The van der Waals surface area contributed by atoms with Gasteiger partial charge in [0.25, 0.3) is 0 Å². The van der Waals surface area contributed by atoms with Crippen molar-refractivity contribution in [2.75, 3.05) is 9.80 Å². The molecule has 0 fully saturated rings. The lowest BCUT2D eigenvalue weighted by molar-refractivity contribution is 0.572. The standard InChI is InChI=1S/C66H60N2O2/c1-37-19-21-41(5)57(35-37)67(55-17-13-15-45-49-31-39(3)33-51(65(7,8)9)61(49)69-63(45)55)53-29-25-43-24-28-48-54(30-26-44-23-27-47(53)59(43)60(44)48)68(58-36-38(2)20-22-42(58)6)56-18-14-16-46-50-32-40(4)34-52(66(10,11)12)62(50)70-64(46)56/h13-36H,1-12H3. The first kappa shape index (κ1) is 43.7. The van der Waals surface area contributed by atoms with Crippen molar-refractivity contribution in [3.8, 4) is 0 Å². The smallest absolute Gasteiger partial charge is 0.159 e. The average molecular weight is 913 g/mol. The van der Waals surface area contributed by atoms with E-state index < -0.39 is 0 Å². The molecule has 0 N–H and O–H groups in total. The molecule has 0 radical (unpaired) electrons. The number of aryl methyl sites for hydroxylation is 6. The van der Waals surface area contributed by atoms with Crippen molar-refractivity contribution in [3.63, 3.8) is 0 Å². The van der Waals surface area contributed by atoms with Crippen LogP contribution in [0.5, 0.6) is 0 Å². The van der Waals surface area contributed by atoms with Crippen molar-refractivity contribution in [2.45, 2.75) is 93.9 Å². The molecule has 0 atom stereocenters. The lowest BCUT2D eigenvalue weighted by Crippen LogP contribution is -2.13. The molecule has 10 aromatic carbocycles. The van der Waals surface area contributed by atoms with Crippen LogP contribution in [0.3, 0.4) is 0 Å². The fraction of sp³-hybridized carbons (Fsp3) is 0.212. The first-order chi connectivity index (χ1) is 33.4. The number of fused-ring (bicyclic) bond motifs is 6. The lowest BCUT2D eigenvalue weighted by atomic mass is 9.85. The highest BCUT2D eigenvalue weighted by molar-refractivity contribution is 6.29. The van der Waals surface area contributed by atoms with E-state index >= 15 is 0 Å². The summed E-state index contributed by atoms with van der Waals surface area (Å²) in [5.74, 6) is 0. The van der Waals surface area contributed by atoms with Gasteiger partial charge in [0.1, 0.15) is 11.2 Å². The second-order valence-electron chi connectivity index (χ2n) is 22.2. The summed E-state index contributed by atoms with van der Waals surface area (Å²) in [4.78, 5) is 4.92. The van der Waals surface area contributed by atoms with E-state index in [1.165, 1.54) is 76.8 Å². The van der Waals surface area contributed by atoms with Crippen LogP contribution in [-0.4, -0.2) is 0 Å². The summed E-state index contributed by atoms with van der Waals surface area (Å²) in [7, 11) is 0. The molecule has 2 heterocycles. The predicted octanol–water partition coefficient (Wildman–Crippen LogP) is 19.8. The van der Waals surface area contributed by atoms with E-state index in [1.54, 1.807) is 0 Å². The molecule has 0 saturated carbocycles. The summed E-state index contributed by atoms with van der Waals surface area (Å²) in [6.07, 6.45) is 0. The molecular formula is C66H60N2O2. The summed E-state index contributed by atoms with van der Waals surface area (Å²) in [6, 6.07) is 54.6. The van der Waals surface area contributed by atoms with E-state index in [9.17, 15) is 0 Å². The monoisotopic (exact) mass is 912 g/mol. The molecule has 0 saturated heterocycles. The minimum atomic E-state index is -0.100. The molecule has 70 heavy (non-hydrogen) atoms. The van der Waals surface area contributed by atoms with Gasteiger partial charge >= 0.3 is 0 Å². The van der Waals surface area contributed by atoms with E-state index in [-0.39, 0.29) is 10.8 Å². The van der Waals surface area contributed by atoms with Crippen LogP contribution in [0.15, 0.2) is 154 Å². The summed E-state index contributed by atoms with van der Waals surface area (Å²) in [5.41, 5.74) is 19.7. The molecule has 346 valence electrons. The Balaban J connectivity index is 1.15. The zero-order chi connectivity index (χ0) is 48.7. The average Bonchev–Trinajstić information content (AvgIpc) is 3.89. The highest BCUT2D eigenvalue weighted by atomic mass is 16.3. The molecule has 2 aromatic heterocycles. The quantitative estimate of drug-likeness (QED) is 0.156. The van der Waals surface area contributed by atoms with Crippen LogP contribution in [-0.2, 0) is 10.8 Å². The van der Waals surface area contributed by atoms with E-state index in [1.807, 2.05) is 0 Å². The third kappa shape index (κ3) is 6.71. The Morgan fingerprint density at radius 3 is 1.11 bits per heavy atom. The number of hydrogen-bond donors (Lipinski definition) is 0. The van der Waals surface area contributed by atoms with Gasteiger partial charge in [0.05, 0.1) is 22.7 Å². The van der Waals surface area contributed by atoms with Crippen LogP contribution < -0.4 is 9.80 Å². The zero-order valence-corrected chi connectivity index (χ0v) is 42.6. The topological polar surface area (TPSA) is 32.8 Å². The van der Waals surface area contributed by atoms with E-state index in [2.05, 4.69) is 238 Å². The molecule has 0 amide bonds. The lowest BCUT2D eigenvalue weighted by Gasteiger charge is -2.30. The molecule has 0 aliphatic heterocycles. The summed E-state index contributed by atoms with van der Waals surface area (Å²) in [5, 5.41) is 11.8. The molecule has 4 heteroatoms. The summed E-state index contributed by atoms with van der Waals surface area (Å²) in [6.45, 7) is 26.9. The largest absolute Gasteiger partial charge is 0.454 e. The minimum Gasteiger partial charge on any atom is -0.454 e. The number of anilines is 6. The van der Waals surface area contributed by atoms with Gasteiger partial charge in [-0.1, -0.05) is 139 Å². The Morgan fingerprint density at radius 1 is 0.314 bits per heavy atom. The van der Waals surface area contributed by atoms with Gasteiger partial charge in [-0.25, -0.2) is 0 Å². The van der Waals surface area contributed by atoms with Gasteiger partial charge in [-0.3, -0.25) is 0 Å². The Kier molecular flexibility index (Phi) is 9.66. The van der Waals surface area contributed by atoms with Gasteiger partial charge in [0.2, 0.25) is 0 Å². The van der Waals surface area contributed by atoms with E-state index in [0.29, 0.717) is 0 Å². The molecule has 0 bridgehead atoms.